The molecule has 1 saturated heterocycles. The maximum absolute atomic E-state index is 12.9. The Morgan fingerprint density at radius 2 is 2.04 bits per heavy atom. The summed E-state index contributed by atoms with van der Waals surface area (Å²) in [5, 5.41) is 10.6. The van der Waals surface area contributed by atoms with Crippen molar-refractivity contribution in [2.24, 2.45) is 5.41 Å². The van der Waals surface area contributed by atoms with E-state index in [1.54, 1.807) is 0 Å². The number of unbranched alkanes of at least 4 members (excludes halogenated alkanes) is 1. The number of nitrogens with zero attached hydrogens (tertiary/aromatic N) is 1. The average molecular weight is 355 g/mol. The van der Waals surface area contributed by atoms with Gasteiger partial charge in [-0.3, -0.25) is 9.69 Å². The van der Waals surface area contributed by atoms with Crippen LogP contribution in [0.1, 0.15) is 40.5 Å². The van der Waals surface area contributed by atoms with Gasteiger partial charge in [-0.25, -0.2) is 9.59 Å². The molecule has 2 heterocycles. The summed E-state index contributed by atoms with van der Waals surface area (Å²) in [6.45, 7) is 7.25. The van der Waals surface area contributed by atoms with Crippen LogP contribution < -0.4 is 0 Å². The molecule has 8 heteroatoms. The van der Waals surface area contributed by atoms with Gasteiger partial charge in [-0.15, -0.1) is 0 Å². The lowest BCUT2D eigenvalue weighted by Crippen LogP contribution is -2.56. The highest BCUT2D eigenvalue weighted by Gasteiger charge is 2.67. The maximum Gasteiger partial charge on any atom is 0.347 e. The Morgan fingerprint density at radius 3 is 2.56 bits per heavy atom. The van der Waals surface area contributed by atoms with Gasteiger partial charge < -0.3 is 19.3 Å². The number of aliphatic hydroxyl groups excluding tert-OH is 1. The van der Waals surface area contributed by atoms with Gasteiger partial charge in [0.05, 0.1) is 20.3 Å². The third-order valence-electron chi connectivity index (χ3n) is 4.36. The fourth-order valence-corrected chi connectivity index (χ4v) is 3.06. The molecule has 0 aromatic rings. The number of carbonyl (C=O) groups excluding carboxylic acids is 3. The standard InChI is InChI=1S/C17H25NO7/c1-6-7-8-24-13(21)10-11(19)17(15(22)23-5)9-25-14(16(2,3)4)18(17)12(10)20/h14,19H,6-9H2,1-5H3/t14-,17-/m1/s1. The lowest BCUT2D eigenvalue weighted by atomic mass is 9.91. The highest BCUT2D eigenvalue weighted by atomic mass is 16.6. The van der Waals surface area contributed by atoms with Crippen molar-refractivity contribution in [1.82, 2.24) is 4.90 Å². The van der Waals surface area contributed by atoms with Crippen LogP contribution in [0.15, 0.2) is 11.3 Å². The summed E-state index contributed by atoms with van der Waals surface area (Å²) in [6, 6.07) is 0. The second kappa shape index (κ2) is 6.67. The lowest BCUT2D eigenvalue weighted by Gasteiger charge is -2.36. The summed E-state index contributed by atoms with van der Waals surface area (Å²) in [6.07, 6.45) is 0.639. The molecule has 140 valence electrons. The summed E-state index contributed by atoms with van der Waals surface area (Å²) in [5.41, 5.74) is -2.92. The first-order valence-electron chi connectivity index (χ1n) is 8.27. The van der Waals surface area contributed by atoms with Crippen molar-refractivity contribution in [2.75, 3.05) is 20.3 Å². The van der Waals surface area contributed by atoms with Crippen molar-refractivity contribution in [2.45, 2.75) is 52.3 Å². The Kier molecular flexibility index (Phi) is 5.13. The largest absolute Gasteiger partial charge is 0.508 e. The van der Waals surface area contributed by atoms with Crippen LogP contribution in [-0.2, 0) is 28.6 Å². The third-order valence-corrected chi connectivity index (χ3v) is 4.36. The second-order valence-electron chi connectivity index (χ2n) is 7.27. The minimum atomic E-state index is -1.84. The zero-order valence-corrected chi connectivity index (χ0v) is 15.2. The van der Waals surface area contributed by atoms with Crippen molar-refractivity contribution < 1.29 is 33.7 Å². The molecule has 1 amide bonds. The maximum atomic E-state index is 12.9. The van der Waals surface area contributed by atoms with Crippen molar-refractivity contribution in [3.8, 4) is 0 Å². The number of hydrogen-bond acceptors (Lipinski definition) is 7. The van der Waals surface area contributed by atoms with E-state index in [1.165, 1.54) is 0 Å². The van der Waals surface area contributed by atoms with Crippen LogP contribution in [0.25, 0.3) is 0 Å². The van der Waals surface area contributed by atoms with Crippen molar-refractivity contribution in [3.63, 3.8) is 0 Å². The van der Waals surface area contributed by atoms with Gasteiger partial charge in [0.25, 0.3) is 5.91 Å². The van der Waals surface area contributed by atoms with E-state index in [1.807, 2.05) is 27.7 Å². The Labute approximate surface area is 146 Å². The van der Waals surface area contributed by atoms with E-state index >= 15 is 0 Å². The van der Waals surface area contributed by atoms with Gasteiger partial charge in [0, 0.05) is 5.41 Å². The van der Waals surface area contributed by atoms with Crippen LogP contribution >= 0.6 is 0 Å². The van der Waals surface area contributed by atoms with E-state index in [4.69, 9.17) is 14.2 Å². The Bertz CT molecular complexity index is 619. The molecule has 2 aliphatic heterocycles. The molecule has 25 heavy (non-hydrogen) atoms. The van der Waals surface area contributed by atoms with Crippen LogP contribution in [0.3, 0.4) is 0 Å². The topological polar surface area (TPSA) is 102 Å². The molecular weight excluding hydrogens is 330 g/mol. The zero-order valence-electron chi connectivity index (χ0n) is 15.2. The average Bonchev–Trinajstić information content (AvgIpc) is 3.04. The number of carbonyl (C=O) groups is 3. The number of esters is 2. The number of amides is 1. The summed E-state index contributed by atoms with van der Waals surface area (Å²) < 4.78 is 15.5. The van der Waals surface area contributed by atoms with Crippen LogP contribution in [0.4, 0.5) is 0 Å². The fourth-order valence-electron chi connectivity index (χ4n) is 3.06. The van der Waals surface area contributed by atoms with Gasteiger partial charge in [0.1, 0.15) is 6.23 Å². The first kappa shape index (κ1) is 19.2. The molecule has 0 aromatic carbocycles. The normalized spacial score (nSPS) is 26.0. The van der Waals surface area contributed by atoms with Crippen molar-refractivity contribution >= 4 is 17.8 Å². The minimum absolute atomic E-state index is 0.129. The van der Waals surface area contributed by atoms with E-state index in [0.717, 1.165) is 18.4 Å². The molecule has 1 fully saturated rings. The molecular formula is C17H25NO7. The number of hydrogen-bond donors (Lipinski definition) is 1. The summed E-state index contributed by atoms with van der Waals surface area (Å²) >= 11 is 0. The molecule has 2 aliphatic rings. The predicted octanol–water partition coefficient (Wildman–Crippen LogP) is 1.30. The third kappa shape index (κ3) is 2.88. The first-order valence-corrected chi connectivity index (χ1v) is 8.27. The number of rotatable bonds is 5. The van der Waals surface area contributed by atoms with E-state index in [2.05, 4.69) is 0 Å². The van der Waals surface area contributed by atoms with E-state index in [0.29, 0.717) is 6.42 Å². The van der Waals surface area contributed by atoms with Crippen molar-refractivity contribution in [1.29, 1.82) is 0 Å². The number of fused-ring (bicyclic) bond motifs is 1. The van der Waals surface area contributed by atoms with Crippen LogP contribution in [-0.4, -0.2) is 59.9 Å². The number of methoxy groups -OCH3 is 1. The SMILES string of the molecule is CCCCOC(=O)C1=C(O)[C@@]2(C(=O)OC)CO[C@H](C(C)(C)C)N2C1=O. The fraction of sp³-hybridized carbons (Fsp3) is 0.706. The number of ether oxygens (including phenoxy) is 3. The summed E-state index contributed by atoms with van der Waals surface area (Å²) in [4.78, 5) is 38.7. The van der Waals surface area contributed by atoms with Crippen LogP contribution in [0.5, 0.6) is 0 Å². The lowest BCUT2D eigenvalue weighted by molar-refractivity contribution is -0.159. The van der Waals surface area contributed by atoms with Gasteiger partial charge >= 0.3 is 11.9 Å². The second-order valence-corrected chi connectivity index (χ2v) is 7.27. The van der Waals surface area contributed by atoms with Gasteiger partial charge in [-0.05, 0) is 6.42 Å². The Morgan fingerprint density at radius 1 is 1.40 bits per heavy atom. The van der Waals surface area contributed by atoms with Crippen molar-refractivity contribution in [3.05, 3.63) is 11.3 Å². The smallest absolute Gasteiger partial charge is 0.347 e. The highest BCUT2D eigenvalue weighted by molar-refractivity contribution is 6.21. The Balaban J connectivity index is 2.46. The zero-order chi connectivity index (χ0) is 19.0. The molecule has 2 rings (SSSR count). The molecule has 8 nitrogen and oxygen atoms in total. The Hall–Kier alpha value is -2.09. The van der Waals surface area contributed by atoms with E-state index in [9.17, 15) is 19.5 Å². The molecule has 0 aromatic heterocycles. The summed E-state index contributed by atoms with van der Waals surface area (Å²) in [5.74, 6) is -3.26. The van der Waals surface area contributed by atoms with E-state index in [-0.39, 0.29) is 13.2 Å². The van der Waals surface area contributed by atoms with Gasteiger partial charge in [-0.1, -0.05) is 34.1 Å². The molecule has 0 saturated carbocycles. The quantitative estimate of drug-likeness (QED) is 0.450. The molecule has 0 spiro atoms. The van der Waals surface area contributed by atoms with E-state index < -0.39 is 46.4 Å². The van der Waals surface area contributed by atoms with Gasteiger partial charge in [0.15, 0.2) is 11.3 Å². The van der Waals surface area contributed by atoms with Crippen LogP contribution in [0, 0.1) is 5.41 Å². The summed E-state index contributed by atoms with van der Waals surface area (Å²) in [7, 11) is 1.15. The number of aliphatic hydroxyl groups is 1. The molecule has 2 atom stereocenters. The minimum Gasteiger partial charge on any atom is -0.508 e. The van der Waals surface area contributed by atoms with Gasteiger partial charge in [0.2, 0.25) is 5.54 Å². The molecule has 0 aliphatic carbocycles. The molecule has 1 N–H and O–H groups in total. The van der Waals surface area contributed by atoms with Gasteiger partial charge in [-0.2, -0.15) is 0 Å². The highest BCUT2D eigenvalue weighted by Crippen LogP contribution is 2.46. The molecule has 0 bridgehead atoms. The predicted molar refractivity (Wildman–Crippen MR) is 86.3 cm³/mol. The van der Waals surface area contributed by atoms with Crippen LogP contribution in [0.2, 0.25) is 0 Å². The molecule has 0 radical (unpaired) electrons. The molecule has 0 unspecified atom stereocenters. The monoisotopic (exact) mass is 355 g/mol. The first-order chi connectivity index (χ1) is 11.6.